The first kappa shape index (κ1) is 19.4. The van der Waals surface area contributed by atoms with Gasteiger partial charge in [-0.25, -0.2) is 9.59 Å². The standard InChI is InChI=1S/C21H22N2O5S/c1-3-27-21(26)23-8-6-13(7-9-23)22-19(24)17-11-15-18(29-17)14-10-12(2)4-5-16(14)28-20(15)25/h4-5,10-11,13H,3,6-9H2,1-2H3,(H,22,24). The third-order valence-electron chi connectivity index (χ3n) is 5.11. The molecule has 7 nitrogen and oxygen atoms in total. The van der Waals surface area contributed by atoms with Crippen molar-refractivity contribution < 1.29 is 18.7 Å². The molecule has 0 radical (unpaired) electrons. The maximum Gasteiger partial charge on any atom is 0.409 e. The van der Waals surface area contributed by atoms with Gasteiger partial charge in [0.1, 0.15) is 5.58 Å². The van der Waals surface area contributed by atoms with Gasteiger partial charge < -0.3 is 19.4 Å². The summed E-state index contributed by atoms with van der Waals surface area (Å²) in [5, 5.41) is 4.29. The van der Waals surface area contributed by atoms with Gasteiger partial charge in [-0.05, 0) is 44.9 Å². The normalized spacial score (nSPS) is 15.0. The van der Waals surface area contributed by atoms with E-state index in [-0.39, 0.29) is 18.0 Å². The highest BCUT2D eigenvalue weighted by molar-refractivity contribution is 7.21. The number of carbonyl (C=O) groups excluding carboxylic acids is 2. The minimum Gasteiger partial charge on any atom is -0.450 e. The van der Waals surface area contributed by atoms with E-state index in [0.717, 1.165) is 15.6 Å². The Balaban J connectivity index is 1.52. The topological polar surface area (TPSA) is 88.9 Å². The Morgan fingerprint density at radius 2 is 2.00 bits per heavy atom. The van der Waals surface area contributed by atoms with Gasteiger partial charge in [-0.3, -0.25) is 4.79 Å². The van der Waals surface area contributed by atoms with E-state index in [9.17, 15) is 14.4 Å². The highest BCUT2D eigenvalue weighted by Gasteiger charge is 2.25. The average Bonchev–Trinajstić information content (AvgIpc) is 3.16. The Kier molecular flexibility index (Phi) is 5.27. The molecule has 1 fully saturated rings. The van der Waals surface area contributed by atoms with Gasteiger partial charge in [-0.1, -0.05) is 11.6 Å². The summed E-state index contributed by atoms with van der Waals surface area (Å²) in [6.45, 7) is 5.19. The van der Waals surface area contributed by atoms with Crippen molar-refractivity contribution in [1.82, 2.24) is 10.2 Å². The number of thiophene rings is 1. The quantitative estimate of drug-likeness (QED) is 0.661. The molecule has 1 N–H and O–H groups in total. The number of likely N-dealkylation sites (tertiary alicyclic amines) is 1. The van der Waals surface area contributed by atoms with Gasteiger partial charge in [-0.2, -0.15) is 0 Å². The Hall–Kier alpha value is -2.87. The number of nitrogens with one attached hydrogen (secondary N) is 1. The first-order valence-electron chi connectivity index (χ1n) is 9.66. The molecule has 3 aromatic rings. The first-order chi connectivity index (χ1) is 14.0. The Morgan fingerprint density at radius 3 is 2.72 bits per heavy atom. The van der Waals surface area contributed by atoms with Crippen molar-refractivity contribution in [3.8, 4) is 0 Å². The lowest BCUT2D eigenvalue weighted by atomic mass is 10.1. The van der Waals surface area contributed by atoms with E-state index >= 15 is 0 Å². The van der Waals surface area contributed by atoms with Crippen LogP contribution in [0.1, 0.15) is 35.0 Å². The number of nitrogens with zero attached hydrogens (tertiary/aromatic N) is 1. The average molecular weight is 414 g/mol. The third-order valence-corrected chi connectivity index (χ3v) is 6.28. The summed E-state index contributed by atoms with van der Waals surface area (Å²) in [4.78, 5) is 39.0. The summed E-state index contributed by atoms with van der Waals surface area (Å²) < 4.78 is 11.2. The van der Waals surface area contributed by atoms with Gasteiger partial charge in [0, 0.05) is 24.5 Å². The van der Waals surface area contributed by atoms with E-state index < -0.39 is 5.63 Å². The van der Waals surface area contributed by atoms with Crippen molar-refractivity contribution in [3.63, 3.8) is 0 Å². The maximum atomic E-state index is 12.8. The number of carbonyl (C=O) groups is 2. The number of piperidine rings is 1. The van der Waals surface area contributed by atoms with E-state index in [1.807, 2.05) is 19.1 Å². The summed E-state index contributed by atoms with van der Waals surface area (Å²) in [7, 11) is 0. The first-order valence-corrected chi connectivity index (χ1v) is 10.5. The van der Waals surface area contributed by atoms with Crippen LogP contribution in [0.3, 0.4) is 0 Å². The number of fused-ring (bicyclic) bond motifs is 3. The lowest BCUT2D eigenvalue weighted by molar-refractivity contribution is 0.0863. The van der Waals surface area contributed by atoms with E-state index in [0.29, 0.717) is 48.4 Å². The van der Waals surface area contributed by atoms with Crippen molar-refractivity contribution in [2.75, 3.05) is 19.7 Å². The molecule has 0 unspecified atom stereocenters. The third kappa shape index (κ3) is 3.85. The lowest BCUT2D eigenvalue weighted by Gasteiger charge is -2.31. The van der Waals surface area contributed by atoms with Gasteiger partial charge in [-0.15, -0.1) is 11.3 Å². The van der Waals surface area contributed by atoms with Crippen LogP contribution in [0.5, 0.6) is 0 Å². The maximum absolute atomic E-state index is 12.8. The Bertz CT molecular complexity index is 1140. The summed E-state index contributed by atoms with van der Waals surface area (Å²) >= 11 is 1.30. The molecular formula is C21H22N2O5S. The fraction of sp³-hybridized carbons (Fsp3) is 0.381. The Morgan fingerprint density at radius 1 is 1.24 bits per heavy atom. The van der Waals surface area contributed by atoms with Crippen LogP contribution in [0.4, 0.5) is 4.79 Å². The van der Waals surface area contributed by atoms with Crippen LogP contribution in [0.25, 0.3) is 21.1 Å². The molecule has 1 aliphatic rings. The number of aryl methyl sites for hydroxylation is 1. The second kappa shape index (κ2) is 7.87. The van der Waals surface area contributed by atoms with Crippen LogP contribution in [0, 0.1) is 6.92 Å². The SMILES string of the molecule is CCOC(=O)N1CCC(NC(=O)c2cc3c(=O)oc4ccc(C)cc4c3s2)CC1. The lowest BCUT2D eigenvalue weighted by Crippen LogP contribution is -2.46. The molecule has 2 amide bonds. The molecule has 2 aromatic heterocycles. The van der Waals surface area contributed by atoms with Crippen molar-refractivity contribution >= 4 is 44.4 Å². The molecule has 1 aliphatic heterocycles. The number of rotatable bonds is 3. The number of amides is 2. The molecule has 1 aromatic carbocycles. The minimum atomic E-state index is -0.436. The molecule has 0 bridgehead atoms. The zero-order chi connectivity index (χ0) is 20.5. The minimum absolute atomic E-state index is 0.0196. The smallest absolute Gasteiger partial charge is 0.409 e. The van der Waals surface area contributed by atoms with Crippen LogP contribution in [0.2, 0.25) is 0 Å². The van der Waals surface area contributed by atoms with Crippen LogP contribution in [-0.4, -0.2) is 42.6 Å². The van der Waals surface area contributed by atoms with E-state index in [1.54, 1.807) is 24.0 Å². The van der Waals surface area contributed by atoms with Crippen molar-refractivity contribution in [2.45, 2.75) is 32.7 Å². The van der Waals surface area contributed by atoms with Crippen molar-refractivity contribution in [2.24, 2.45) is 0 Å². The largest absolute Gasteiger partial charge is 0.450 e. The van der Waals surface area contributed by atoms with Crippen LogP contribution in [0.15, 0.2) is 33.5 Å². The van der Waals surface area contributed by atoms with E-state index in [4.69, 9.17) is 9.15 Å². The van der Waals surface area contributed by atoms with Crippen LogP contribution in [-0.2, 0) is 4.74 Å². The molecule has 0 atom stereocenters. The van der Waals surface area contributed by atoms with E-state index in [1.165, 1.54) is 11.3 Å². The zero-order valence-electron chi connectivity index (χ0n) is 16.3. The van der Waals surface area contributed by atoms with Crippen LogP contribution >= 0.6 is 11.3 Å². The zero-order valence-corrected chi connectivity index (χ0v) is 17.1. The van der Waals surface area contributed by atoms with Gasteiger partial charge >= 0.3 is 11.7 Å². The predicted molar refractivity (Wildman–Crippen MR) is 112 cm³/mol. The monoisotopic (exact) mass is 414 g/mol. The summed E-state index contributed by atoms with van der Waals surface area (Å²) in [5.41, 5.74) is 1.14. The number of benzene rings is 1. The summed E-state index contributed by atoms with van der Waals surface area (Å²) in [5.74, 6) is -0.207. The van der Waals surface area contributed by atoms with Gasteiger partial charge in [0.2, 0.25) is 0 Å². The molecule has 152 valence electrons. The summed E-state index contributed by atoms with van der Waals surface area (Å²) in [6.07, 6.45) is 1.02. The summed E-state index contributed by atoms with van der Waals surface area (Å²) in [6, 6.07) is 7.22. The van der Waals surface area contributed by atoms with Gasteiger partial charge in [0.15, 0.2) is 0 Å². The fourth-order valence-electron chi connectivity index (χ4n) is 3.60. The molecule has 0 aliphatic carbocycles. The predicted octanol–water partition coefficient (Wildman–Crippen LogP) is 3.67. The highest BCUT2D eigenvalue weighted by Crippen LogP contribution is 2.31. The van der Waals surface area contributed by atoms with E-state index in [2.05, 4.69) is 5.32 Å². The highest BCUT2D eigenvalue weighted by atomic mass is 32.1. The number of hydrogen-bond donors (Lipinski definition) is 1. The van der Waals surface area contributed by atoms with Crippen LogP contribution < -0.4 is 10.9 Å². The molecular weight excluding hydrogens is 392 g/mol. The molecule has 0 saturated carbocycles. The number of ether oxygens (including phenoxy) is 1. The molecule has 29 heavy (non-hydrogen) atoms. The van der Waals surface area contributed by atoms with Gasteiger partial charge in [0.25, 0.3) is 5.91 Å². The Labute approximate surface area is 171 Å². The molecule has 0 spiro atoms. The number of hydrogen-bond acceptors (Lipinski definition) is 6. The van der Waals surface area contributed by atoms with Crippen molar-refractivity contribution in [3.05, 3.63) is 45.1 Å². The second-order valence-electron chi connectivity index (χ2n) is 7.18. The fourth-order valence-corrected chi connectivity index (χ4v) is 4.67. The molecule has 4 rings (SSSR count). The van der Waals surface area contributed by atoms with Gasteiger partial charge in [0.05, 0.1) is 21.6 Å². The molecule has 3 heterocycles. The molecule has 1 saturated heterocycles. The van der Waals surface area contributed by atoms with Crippen molar-refractivity contribution in [1.29, 1.82) is 0 Å². The molecule has 8 heteroatoms. The second-order valence-corrected chi connectivity index (χ2v) is 8.23.